The Balaban J connectivity index is 2.55. The lowest BCUT2D eigenvalue weighted by atomic mass is 9.92. The van der Waals surface area contributed by atoms with Gasteiger partial charge in [0.05, 0.1) is 11.0 Å². The van der Waals surface area contributed by atoms with Gasteiger partial charge in [-0.15, -0.1) is 0 Å². The largest absolute Gasteiger partial charge is 0.392 e. The molecule has 3 atom stereocenters. The van der Waals surface area contributed by atoms with Crippen LogP contribution in [-0.2, 0) is 0 Å². The van der Waals surface area contributed by atoms with E-state index >= 15 is 0 Å². The maximum Gasteiger partial charge on any atom is 0.0899 e. The van der Waals surface area contributed by atoms with Gasteiger partial charge in [-0.2, -0.15) is 0 Å². The Bertz CT molecular complexity index is 193. The maximum atomic E-state index is 5.65. The van der Waals surface area contributed by atoms with E-state index in [1.807, 2.05) is 0 Å². The molecule has 1 fully saturated rings. The number of likely N-dealkylation sites (tertiary alicyclic amines) is 1. The average Bonchev–Trinajstić information content (AvgIpc) is 2.03. The van der Waals surface area contributed by atoms with Crippen molar-refractivity contribution in [2.24, 2.45) is 11.7 Å². The van der Waals surface area contributed by atoms with Gasteiger partial charge in [-0.05, 0) is 39.2 Å². The van der Waals surface area contributed by atoms with Gasteiger partial charge < -0.3 is 5.73 Å². The van der Waals surface area contributed by atoms with Crippen molar-refractivity contribution in [3.8, 4) is 0 Å². The summed E-state index contributed by atoms with van der Waals surface area (Å²) in [4.78, 5) is 3.05. The quantitative estimate of drug-likeness (QED) is 0.689. The van der Waals surface area contributed by atoms with Gasteiger partial charge in [0.25, 0.3) is 0 Å². The lowest BCUT2D eigenvalue weighted by Crippen LogP contribution is -2.50. The zero-order valence-corrected chi connectivity index (χ0v) is 9.60. The van der Waals surface area contributed by atoms with Crippen LogP contribution in [0.25, 0.3) is 0 Å². The summed E-state index contributed by atoms with van der Waals surface area (Å²) in [7, 11) is 0. The highest BCUT2D eigenvalue weighted by Gasteiger charge is 2.27. The summed E-state index contributed by atoms with van der Waals surface area (Å²) >= 11 is 5.02. The first-order valence-corrected chi connectivity index (χ1v) is 5.48. The molecule has 0 radical (unpaired) electrons. The van der Waals surface area contributed by atoms with E-state index in [4.69, 9.17) is 18.0 Å². The van der Waals surface area contributed by atoms with E-state index in [1.54, 1.807) is 0 Å². The molecule has 0 aromatic carbocycles. The molecule has 0 bridgehead atoms. The fourth-order valence-corrected chi connectivity index (χ4v) is 2.30. The predicted octanol–water partition coefficient (Wildman–Crippen LogP) is 1.78. The molecule has 2 N–H and O–H groups in total. The first kappa shape index (κ1) is 10.9. The van der Waals surface area contributed by atoms with Gasteiger partial charge in [0.15, 0.2) is 0 Å². The van der Waals surface area contributed by atoms with Gasteiger partial charge in [-0.1, -0.05) is 19.1 Å². The summed E-state index contributed by atoms with van der Waals surface area (Å²) in [6.45, 7) is 7.83. The SMILES string of the molecule is CC1CCN(C(C)C(N)=S)C(C)C1. The van der Waals surface area contributed by atoms with Crippen molar-refractivity contribution in [3.05, 3.63) is 0 Å². The molecule has 1 aliphatic rings. The fraction of sp³-hybridized carbons (Fsp3) is 0.900. The lowest BCUT2D eigenvalue weighted by Gasteiger charge is -2.40. The van der Waals surface area contributed by atoms with Crippen LogP contribution in [-0.4, -0.2) is 28.5 Å². The van der Waals surface area contributed by atoms with Crippen molar-refractivity contribution in [1.29, 1.82) is 0 Å². The molecule has 0 aromatic heterocycles. The fourth-order valence-electron chi connectivity index (χ4n) is 2.16. The number of thiocarbonyl (C=S) groups is 1. The minimum atomic E-state index is 0.262. The Morgan fingerprint density at radius 1 is 1.54 bits per heavy atom. The standard InChI is InChI=1S/C10H20N2S/c1-7-4-5-12(8(2)6-7)9(3)10(11)13/h7-9H,4-6H2,1-3H3,(H2,11,13). The molecule has 0 aliphatic carbocycles. The Morgan fingerprint density at radius 3 is 2.62 bits per heavy atom. The monoisotopic (exact) mass is 200 g/mol. The number of nitrogens with two attached hydrogens (primary N) is 1. The Labute approximate surface area is 86.5 Å². The second-order valence-electron chi connectivity index (χ2n) is 4.29. The molecular weight excluding hydrogens is 180 g/mol. The Kier molecular flexibility index (Phi) is 3.68. The summed E-state index contributed by atoms with van der Waals surface area (Å²) in [5, 5.41) is 0. The molecule has 0 spiro atoms. The van der Waals surface area contributed by atoms with E-state index in [2.05, 4.69) is 25.7 Å². The van der Waals surface area contributed by atoms with Gasteiger partial charge in [-0.3, -0.25) is 4.90 Å². The van der Waals surface area contributed by atoms with Crippen LogP contribution in [0.1, 0.15) is 33.6 Å². The molecule has 2 nitrogen and oxygen atoms in total. The third-order valence-corrected chi connectivity index (χ3v) is 3.44. The maximum absolute atomic E-state index is 5.65. The van der Waals surface area contributed by atoms with Crippen LogP contribution < -0.4 is 5.73 Å². The smallest absolute Gasteiger partial charge is 0.0899 e. The zero-order valence-electron chi connectivity index (χ0n) is 8.79. The number of piperidine rings is 1. The molecule has 13 heavy (non-hydrogen) atoms. The number of hydrogen-bond acceptors (Lipinski definition) is 2. The number of hydrogen-bond donors (Lipinski definition) is 1. The van der Waals surface area contributed by atoms with Gasteiger partial charge >= 0.3 is 0 Å². The first-order chi connectivity index (χ1) is 6.02. The van der Waals surface area contributed by atoms with Gasteiger partial charge in [0.2, 0.25) is 0 Å². The molecule has 0 amide bonds. The van der Waals surface area contributed by atoms with Crippen LogP contribution in [0.3, 0.4) is 0 Å². The Hall–Kier alpha value is -0.150. The van der Waals surface area contributed by atoms with Crippen molar-refractivity contribution in [3.63, 3.8) is 0 Å². The molecule has 3 unspecified atom stereocenters. The van der Waals surface area contributed by atoms with Gasteiger partial charge in [0, 0.05) is 6.04 Å². The topological polar surface area (TPSA) is 29.3 Å². The van der Waals surface area contributed by atoms with E-state index in [0.717, 1.165) is 12.5 Å². The molecular formula is C10H20N2S. The van der Waals surface area contributed by atoms with Gasteiger partial charge in [-0.25, -0.2) is 0 Å². The van der Waals surface area contributed by atoms with Crippen LogP contribution in [0.15, 0.2) is 0 Å². The highest BCUT2D eigenvalue weighted by molar-refractivity contribution is 7.80. The molecule has 76 valence electrons. The van der Waals surface area contributed by atoms with Crippen molar-refractivity contribution >= 4 is 17.2 Å². The summed E-state index contributed by atoms with van der Waals surface area (Å²) < 4.78 is 0. The molecule has 1 aliphatic heterocycles. The summed E-state index contributed by atoms with van der Waals surface area (Å²) in [6.07, 6.45) is 2.55. The predicted molar refractivity (Wildman–Crippen MR) is 60.8 cm³/mol. The second-order valence-corrected chi connectivity index (χ2v) is 4.77. The second kappa shape index (κ2) is 4.38. The van der Waals surface area contributed by atoms with E-state index in [1.165, 1.54) is 12.8 Å². The van der Waals surface area contributed by atoms with E-state index < -0.39 is 0 Å². The van der Waals surface area contributed by atoms with Crippen LogP contribution in [0.5, 0.6) is 0 Å². The van der Waals surface area contributed by atoms with Crippen molar-refractivity contribution in [2.45, 2.75) is 45.7 Å². The Morgan fingerprint density at radius 2 is 2.15 bits per heavy atom. The molecule has 3 heteroatoms. The minimum Gasteiger partial charge on any atom is -0.392 e. The van der Waals surface area contributed by atoms with E-state index in [-0.39, 0.29) is 6.04 Å². The van der Waals surface area contributed by atoms with Crippen molar-refractivity contribution < 1.29 is 0 Å². The summed E-state index contributed by atoms with van der Waals surface area (Å²) in [6, 6.07) is 0.887. The molecule has 1 heterocycles. The molecule has 0 aromatic rings. The van der Waals surface area contributed by atoms with Crippen LogP contribution in [0.2, 0.25) is 0 Å². The van der Waals surface area contributed by atoms with Gasteiger partial charge in [0.1, 0.15) is 0 Å². The lowest BCUT2D eigenvalue weighted by molar-refractivity contribution is 0.116. The molecule has 0 saturated carbocycles. The summed E-state index contributed by atoms with van der Waals surface area (Å²) in [5.74, 6) is 0.852. The van der Waals surface area contributed by atoms with Crippen LogP contribution >= 0.6 is 12.2 Å². The first-order valence-electron chi connectivity index (χ1n) is 5.07. The normalized spacial score (nSPS) is 32.8. The highest BCUT2D eigenvalue weighted by Crippen LogP contribution is 2.23. The minimum absolute atomic E-state index is 0.262. The van der Waals surface area contributed by atoms with E-state index in [0.29, 0.717) is 11.0 Å². The number of rotatable bonds is 2. The third-order valence-electron chi connectivity index (χ3n) is 3.10. The van der Waals surface area contributed by atoms with Crippen LogP contribution in [0, 0.1) is 5.92 Å². The van der Waals surface area contributed by atoms with Crippen molar-refractivity contribution in [1.82, 2.24) is 4.90 Å². The van der Waals surface area contributed by atoms with Crippen LogP contribution in [0.4, 0.5) is 0 Å². The van der Waals surface area contributed by atoms with E-state index in [9.17, 15) is 0 Å². The average molecular weight is 200 g/mol. The zero-order chi connectivity index (χ0) is 10.0. The summed E-state index contributed by atoms with van der Waals surface area (Å²) in [5.41, 5.74) is 5.65. The molecule has 1 saturated heterocycles. The molecule has 1 rings (SSSR count). The number of nitrogens with zero attached hydrogens (tertiary/aromatic N) is 1. The highest BCUT2D eigenvalue weighted by atomic mass is 32.1. The third kappa shape index (κ3) is 2.64. The van der Waals surface area contributed by atoms with Crippen molar-refractivity contribution in [2.75, 3.05) is 6.54 Å².